The largest absolute Gasteiger partial charge is 0.497 e. The third-order valence-corrected chi connectivity index (χ3v) is 3.10. The molecule has 2 rings (SSSR count). The molecular formula is C17H16O3. The Balaban J connectivity index is 2.53. The second-order valence-electron chi connectivity index (χ2n) is 4.44. The van der Waals surface area contributed by atoms with Crippen molar-refractivity contribution in [3.05, 3.63) is 71.3 Å². The molecule has 0 atom stereocenters. The van der Waals surface area contributed by atoms with Gasteiger partial charge in [-0.15, -0.1) is 0 Å². The number of aryl methyl sites for hydroxylation is 1. The Hall–Kier alpha value is -2.55. The minimum Gasteiger partial charge on any atom is -0.497 e. The second-order valence-corrected chi connectivity index (χ2v) is 4.44. The van der Waals surface area contributed by atoms with Crippen molar-refractivity contribution < 1.29 is 14.6 Å². The van der Waals surface area contributed by atoms with Gasteiger partial charge in [-0.05, 0) is 41.3 Å². The SMILES string of the molecule is COc1ccc(/C(=C\C(=O)O)c2ccccc2C)cc1. The maximum atomic E-state index is 11.1. The monoisotopic (exact) mass is 268 g/mol. The highest BCUT2D eigenvalue weighted by Crippen LogP contribution is 2.27. The molecule has 2 aromatic carbocycles. The molecule has 0 unspecified atom stereocenters. The van der Waals surface area contributed by atoms with Gasteiger partial charge in [-0.25, -0.2) is 4.79 Å². The minimum atomic E-state index is -0.959. The van der Waals surface area contributed by atoms with Crippen molar-refractivity contribution in [3.63, 3.8) is 0 Å². The molecule has 0 saturated carbocycles. The smallest absolute Gasteiger partial charge is 0.328 e. The van der Waals surface area contributed by atoms with Crippen LogP contribution < -0.4 is 4.74 Å². The molecule has 0 bridgehead atoms. The van der Waals surface area contributed by atoms with Gasteiger partial charge in [0.1, 0.15) is 5.75 Å². The van der Waals surface area contributed by atoms with Crippen LogP contribution in [0.2, 0.25) is 0 Å². The fourth-order valence-corrected chi connectivity index (χ4v) is 2.09. The van der Waals surface area contributed by atoms with Gasteiger partial charge in [0.25, 0.3) is 0 Å². The van der Waals surface area contributed by atoms with E-state index in [9.17, 15) is 4.79 Å². The third kappa shape index (κ3) is 3.06. The Bertz CT molecular complexity index is 640. The Kier molecular flexibility index (Phi) is 4.20. The molecule has 0 aliphatic rings. The quantitative estimate of drug-likeness (QED) is 0.863. The van der Waals surface area contributed by atoms with Crippen LogP contribution in [0.4, 0.5) is 0 Å². The molecule has 0 heterocycles. The topological polar surface area (TPSA) is 46.5 Å². The lowest BCUT2D eigenvalue weighted by molar-refractivity contribution is -0.131. The van der Waals surface area contributed by atoms with E-state index in [2.05, 4.69) is 0 Å². The molecule has 0 aliphatic heterocycles. The molecular weight excluding hydrogens is 252 g/mol. The van der Waals surface area contributed by atoms with E-state index in [1.54, 1.807) is 7.11 Å². The van der Waals surface area contributed by atoms with Crippen LogP contribution in [-0.2, 0) is 4.79 Å². The zero-order valence-corrected chi connectivity index (χ0v) is 11.5. The molecule has 0 aromatic heterocycles. The van der Waals surface area contributed by atoms with Crippen molar-refractivity contribution in [3.8, 4) is 5.75 Å². The molecule has 102 valence electrons. The van der Waals surface area contributed by atoms with Gasteiger partial charge >= 0.3 is 5.97 Å². The van der Waals surface area contributed by atoms with Gasteiger partial charge in [-0.1, -0.05) is 36.4 Å². The van der Waals surface area contributed by atoms with Crippen molar-refractivity contribution in [2.45, 2.75) is 6.92 Å². The van der Waals surface area contributed by atoms with Gasteiger partial charge in [0, 0.05) is 6.08 Å². The minimum absolute atomic E-state index is 0.693. The van der Waals surface area contributed by atoms with Gasteiger partial charge < -0.3 is 9.84 Å². The first-order chi connectivity index (χ1) is 9.61. The van der Waals surface area contributed by atoms with Gasteiger partial charge in [-0.2, -0.15) is 0 Å². The standard InChI is InChI=1S/C17H16O3/c1-12-5-3-4-6-15(12)16(11-17(18)19)13-7-9-14(20-2)10-8-13/h3-11H,1-2H3,(H,18,19)/b16-11+. The van der Waals surface area contributed by atoms with E-state index in [0.29, 0.717) is 5.57 Å². The van der Waals surface area contributed by atoms with E-state index in [4.69, 9.17) is 9.84 Å². The molecule has 0 fully saturated rings. The highest BCUT2D eigenvalue weighted by atomic mass is 16.5. The van der Waals surface area contributed by atoms with Crippen LogP contribution in [-0.4, -0.2) is 18.2 Å². The lowest BCUT2D eigenvalue weighted by atomic mass is 9.94. The van der Waals surface area contributed by atoms with E-state index < -0.39 is 5.97 Å². The van der Waals surface area contributed by atoms with Crippen molar-refractivity contribution in [2.24, 2.45) is 0 Å². The number of ether oxygens (including phenoxy) is 1. The molecule has 3 heteroatoms. The van der Waals surface area contributed by atoms with Crippen molar-refractivity contribution in [1.82, 2.24) is 0 Å². The van der Waals surface area contributed by atoms with Crippen LogP contribution in [0.25, 0.3) is 5.57 Å². The number of hydrogen-bond acceptors (Lipinski definition) is 2. The molecule has 0 saturated heterocycles. The highest BCUT2D eigenvalue weighted by Gasteiger charge is 2.09. The van der Waals surface area contributed by atoms with Gasteiger partial charge in [0.15, 0.2) is 0 Å². The van der Waals surface area contributed by atoms with Crippen LogP contribution in [0.15, 0.2) is 54.6 Å². The predicted octanol–water partition coefficient (Wildman–Crippen LogP) is 3.52. The number of carboxylic acids is 1. The fraction of sp³-hybridized carbons (Fsp3) is 0.118. The van der Waals surface area contributed by atoms with E-state index in [-0.39, 0.29) is 0 Å². The first-order valence-corrected chi connectivity index (χ1v) is 6.27. The maximum absolute atomic E-state index is 11.1. The van der Waals surface area contributed by atoms with E-state index in [0.717, 1.165) is 22.4 Å². The van der Waals surface area contributed by atoms with E-state index >= 15 is 0 Å². The molecule has 0 spiro atoms. The summed E-state index contributed by atoms with van der Waals surface area (Å²) >= 11 is 0. The van der Waals surface area contributed by atoms with Crippen molar-refractivity contribution in [1.29, 1.82) is 0 Å². The summed E-state index contributed by atoms with van der Waals surface area (Å²) in [4.78, 5) is 11.1. The summed E-state index contributed by atoms with van der Waals surface area (Å²) in [7, 11) is 1.60. The summed E-state index contributed by atoms with van der Waals surface area (Å²) < 4.78 is 5.12. The van der Waals surface area contributed by atoms with Crippen LogP contribution in [0.1, 0.15) is 16.7 Å². The zero-order valence-electron chi connectivity index (χ0n) is 11.5. The average Bonchev–Trinajstić information content (AvgIpc) is 2.46. The van der Waals surface area contributed by atoms with E-state index in [1.807, 2.05) is 55.5 Å². The zero-order chi connectivity index (χ0) is 14.5. The normalized spacial score (nSPS) is 11.2. The highest BCUT2D eigenvalue weighted by molar-refractivity contribution is 5.95. The Morgan fingerprint density at radius 1 is 1.10 bits per heavy atom. The molecule has 0 aliphatic carbocycles. The van der Waals surface area contributed by atoms with Gasteiger partial charge in [0.2, 0.25) is 0 Å². The Morgan fingerprint density at radius 2 is 1.75 bits per heavy atom. The summed E-state index contributed by atoms with van der Waals surface area (Å²) in [6, 6.07) is 15.1. The second kappa shape index (κ2) is 6.06. The first-order valence-electron chi connectivity index (χ1n) is 6.27. The summed E-state index contributed by atoms with van der Waals surface area (Å²) in [5.41, 5.74) is 3.50. The van der Waals surface area contributed by atoms with Crippen LogP contribution in [0.3, 0.4) is 0 Å². The average molecular weight is 268 g/mol. The number of carbonyl (C=O) groups is 1. The predicted molar refractivity (Wildman–Crippen MR) is 78.9 cm³/mol. The van der Waals surface area contributed by atoms with E-state index in [1.165, 1.54) is 6.08 Å². The first kappa shape index (κ1) is 13.9. The lowest BCUT2D eigenvalue weighted by Crippen LogP contribution is -1.97. The molecule has 3 nitrogen and oxygen atoms in total. The summed E-state index contributed by atoms with van der Waals surface area (Å²) in [5.74, 6) is -0.215. The molecule has 1 N–H and O–H groups in total. The lowest BCUT2D eigenvalue weighted by Gasteiger charge is -2.11. The van der Waals surface area contributed by atoms with Crippen LogP contribution in [0, 0.1) is 6.92 Å². The van der Waals surface area contributed by atoms with Crippen molar-refractivity contribution in [2.75, 3.05) is 7.11 Å². The van der Waals surface area contributed by atoms with Gasteiger partial charge in [0.05, 0.1) is 7.11 Å². The number of benzene rings is 2. The summed E-state index contributed by atoms with van der Waals surface area (Å²) in [6.45, 7) is 1.97. The summed E-state index contributed by atoms with van der Waals surface area (Å²) in [6.07, 6.45) is 1.24. The maximum Gasteiger partial charge on any atom is 0.328 e. The Labute approximate surface area is 118 Å². The molecule has 0 radical (unpaired) electrons. The molecule has 0 amide bonds. The summed E-state index contributed by atoms with van der Waals surface area (Å²) in [5, 5.41) is 9.10. The molecule has 20 heavy (non-hydrogen) atoms. The number of methoxy groups -OCH3 is 1. The van der Waals surface area contributed by atoms with Crippen LogP contribution in [0.5, 0.6) is 5.75 Å². The number of hydrogen-bond donors (Lipinski definition) is 1. The number of carboxylic acid groups (broad SMARTS) is 1. The molecule has 2 aromatic rings. The van der Waals surface area contributed by atoms with Crippen molar-refractivity contribution >= 4 is 11.5 Å². The third-order valence-electron chi connectivity index (χ3n) is 3.10. The number of aliphatic carboxylic acids is 1. The fourth-order valence-electron chi connectivity index (χ4n) is 2.09. The van der Waals surface area contributed by atoms with Gasteiger partial charge in [-0.3, -0.25) is 0 Å². The Morgan fingerprint density at radius 3 is 2.30 bits per heavy atom. The van der Waals surface area contributed by atoms with Crippen LogP contribution >= 0.6 is 0 Å². The number of rotatable bonds is 4.